The number of aliphatic imine (C=N–C) groups is 2. The van der Waals surface area contributed by atoms with E-state index in [9.17, 15) is 0 Å². The van der Waals surface area contributed by atoms with Crippen molar-refractivity contribution in [2.45, 2.75) is 156 Å². The molecule has 3 heteroatoms. The molecule has 252 valence electrons. The molecule has 0 fully saturated rings. The molecule has 0 aliphatic rings. The molecule has 2 rings (SSSR count). The van der Waals surface area contributed by atoms with Crippen molar-refractivity contribution in [1.82, 2.24) is 0 Å². The molecule has 0 aliphatic heterocycles. The standard InChI is InChI=1S/C42H64N2.Ni/c1-5-8-11-13-15-17-19-21-24-30-38-32-26-28-35-41(38)43-37(4)40(34-23-10-7-3)44-42-36-29-27-33-39(42)31-25-22-20-18-16-14-12-9-6-2;/h17-20,26-29,32-33,35-36H,5-16,21-25,30-31,34H2,1-4H3;/b19-17+,20-18+,43-37?,44-40?;. The number of rotatable bonds is 25. The molecule has 0 bridgehead atoms. The van der Waals surface area contributed by atoms with Gasteiger partial charge in [0.1, 0.15) is 0 Å². The molecule has 2 aromatic carbocycles. The third-order valence-electron chi connectivity index (χ3n) is 8.38. The van der Waals surface area contributed by atoms with Gasteiger partial charge in [0.25, 0.3) is 0 Å². The first-order chi connectivity index (χ1) is 21.7. The van der Waals surface area contributed by atoms with Crippen LogP contribution in [0.3, 0.4) is 0 Å². The van der Waals surface area contributed by atoms with Crippen LogP contribution >= 0.6 is 0 Å². The van der Waals surface area contributed by atoms with Gasteiger partial charge in [0.05, 0.1) is 22.8 Å². The summed E-state index contributed by atoms with van der Waals surface area (Å²) in [5.74, 6) is 0. The van der Waals surface area contributed by atoms with E-state index >= 15 is 0 Å². The fourth-order valence-electron chi connectivity index (χ4n) is 5.58. The summed E-state index contributed by atoms with van der Waals surface area (Å²) in [6, 6.07) is 17.4. The van der Waals surface area contributed by atoms with Gasteiger partial charge < -0.3 is 0 Å². The van der Waals surface area contributed by atoms with Crippen molar-refractivity contribution < 1.29 is 16.5 Å². The largest absolute Gasteiger partial charge is 0.252 e. The van der Waals surface area contributed by atoms with Gasteiger partial charge in [-0.2, -0.15) is 0 Å². The van der Waals surface area contributed by atoms with Gasteiger partial charge in [-0.1, -0.05) is 133 Å². The van der Waals surface area contributed by atoms with E-state index in [1.807, 2.05) is 0 Å². The molecular formula is C42H64N2Ni. The van der Waals surface area contributed by atoms with Gasteiger partial charge >= 0.3 is 0 Å². The monoisotopic (exact) mass is 654 g/mol. The molecule has 0 radical (unpaired) electrons. The summed E-state index contributed by atoms with van der Waals surface area (Å²) in [6.07, 6.45) is 34.0. The van der Waals surface area contributed by atoms with Crippen LogP contribution in [0.1, 0.15) is 154 Å². The Morgan fingerprint density at radius 2 is 0.933 bits per heavy atom. The van der Waals surface area contributed by atoms with Crippen LogP contribution in [0.25, 0.3) is 0 Å². The van der Waals surface area contributed by atoms with Crippen LogP contribution < -0.4 is 0 Å². The van der Waals surface area contributed by atoms with Gasteiger partial charge in [0, 0.05) is 16.5 Å². The van der Waals surface area contributed by atoms with Crippen molar-refractivity contribution in [2.75, 3.05) is 0 Å². The molecule has 0 saturated heterocycles. The molecule has 0 spiro atoms. The Hall–Kier alpha value is -2.25. The zero-order valence-electron chi connectivity index (χ0n) is 29.3. The molecular weight excluding hydrogens is 591 g/mol. The third-order valence-corrected chi connectivity index (χ3v) is 8.38. The number of para-hydroxylation sites is 2. The van der Waals surface area contributed by atoms with Crippen LogP contribution in [0.2, 0.25) is 0 Å². The van der Waals surface area contributed by atoms with E-state index in [0.29, 0.717) is 0 Å². The van der Waals surface area contributed by atoms with Crippen LogP contribution in [0, 0.1) is 0 Å². The van der Waals surface area contributed by atoms with Gasteiger partial charge in [-0.3, -0.25) is 9.98 Å². The summed E-state index contributed by atoms with van der Waals surface area (Å²) in [6.45, 7) is 8.98. The first kappa shape index (κ1) is 40.8. The van der Waals surface area contributed by atoms with Crippen molar-refractivity contribution in [3.05, 3.63) is 84.0 Å². The molecule has 45 heavy (non-hydrogen) atoms. The summed E-state index contributed by atoms with van der Waals surface area (Å²) in [4.78, 5) is 10.5. The number of nitrogens with zero attached hydrogens (tertiary/aromatic N) is 2. The first-order valence-electron chi connectivity index (χ1n) is 18.3. The van der Waals surface area contributed by atoms with Gasteiger partial charge in [0.15, 0.2) is 0 Å². The van der Waals surface area contributed by atoms with Crippen molar-refractivity contribution in [3.63, 3.8) is 0 Å². The van der Waals surface area contributed by atoms with Gasteiger partial charge in [-0.15, -0.1) is 0 Å². The van der Waals surface area contributed by atoms with E-state index in [1.54, 1.807) is 0 Å². The Kier molecular flexibility index (Phi) is 25.4. The Morgan fingerprint density at radius 1 is 0.511 bits per heavy atom. The van der Waals surface area contributed by atoms with Crippen molar-refractivity contribution in [2.24, 2.45) is 9.98 Å². The molecule has 2 nitrogen and oxygen atoms in total. The minimum Gasteiger partial charge on any atom is -0.252 e. The number of hydrogen-bond donors (Lipinski definition) is 0. The van der Waals surface area contributed by atoms with E-state index in [2.05, 4.69) is 101 Å². The molecule has 0 aliphatic carbocycles. The maximum absolute atomic E-state index is 5.29. The van der Waals surface area contributed by atoms with Crippen LogP contribution in [0.4, 0.5) is 11.4 Å². The maximum atomic E-state index is 5.29. The molecule has 0 atom stereocenters. The quantitative estimate of drug-likeness (QED) is 0.0440. The molecule has 0 unspecified atom stereocenters. The normalized spacial score (nSPS) is 12.4. The predicted molar refractivity (Wildman–Crippen MR) is 199 cm³/mol. The predicted octanol–water partition coefficient (Wildman–Crippen LogP) is 13.8. The molecule has 0 N–H and O–H groups in total. The van der Waals surface area contributed by atoms with E-state index in [1.165, 1.54) is 88.2 Å². The molecule has 0 aromatic heterocycles. The zero-order valence-corrected chi connectivity index (χ0v) is 30.3. The van der Waals surface area contributed by atoms with Crippen LogP contribution in [0.15, 0.2) is 82.8 Å². The Morgan fingerprint density at radius 3 is 1.42 bits per heavy atom. The second-order valence-corrected chi connectivity index (χ2v) is 12.4. The fourth-order valence-corrected chi connectivity index (χ4v) is 5.58. The van der Waals surface area contributed by atoms with Crippen LogP contribution in [-0.4, -0.2) is 11.4 Å². The second kappa shape index (κ2) is 28.0. The van der Waals surface area contributed by atoms with E-state index < -0.39 is 0 Å². The molecule has 0 amide bonds. The molecule has 2 aromatic rings. The van der Waals surface area contributed by atoms with Crippen molar-refractivity contribution in [3.8, 4) is 0 Å². The first-order valence-corrected chi connectivity index (χ1v) is 18.3. The number of unbranched alkanes of at least 4 members (excludes halogenated alkanes) is 12. The second-order valence-electron chi connectivity index (χ2n) is 12.4. The Balaban J connectivity index is 0.0000101. The Bertz CT molecular complexity index is 1130. The van der Waals surface area contributed by atoms with Crippen molar-refractivity contribution in [1.29, 1.82) is 0 Å². The van der Waals surface area contributed by atoms with Crippen molar-refractivity contribution >= 4 is 22.8 Å². The summed E-state index contributed by atoms with van der Waals surface area (Å²) < 4.78 is 0. The number of benzene rings is 2. The average Bonchev–Trinajstić information content (AvgIpc) is 3.04. The van der Waals surface area contributed by atoms with Crippen LogP contribution in [0.5, 0.6) is 0 Å². The minimum atomic E-state index is 0. The topological polar surface area (TPSA) is 24.7 Å². The van der Waals surface area contributed by atoms with Gasteiger partial charge in [0.2, 0.25) is 0 Å². The summed E-state index contributed by atoms with van der Waals surface area (Å²) in [5, 5.41) is 0. The SMILES string of the molecule is CCCCCC/C=C/CCCc1ccccc1N=C(C)C(CCCCC)=Nc1ccccc1CCC/C=C/CCCCCC.[Ni]. The summed E-state index contributed by atoms with van der Waals surface area (Å²) in [5.41, 5.74) is 7.11. The molecule has 0 saturated carbocycles. The third kappa shape index (κ3) is 19.1. The Labute approximate surface area is 288 Å². The zero-order chi connectivity index (χ0) is 31.5. The maximum Gasteiger partial charge on any atom is 0.0665 e. The number of allylic oxidation sites excluding steroid dienone is 4. The van der Waals surface area contributed by atoms with E-state index in [-0.39, 0.29) is 16.5 Å². The van der Waals surface area contributed by atoms with E-state index in [0.717, 1.165) is 74.2 Å². The van der Waals surface area contributed by atoms with Gasteiger partial charge in [-0.05, 0) is 107 Å². The van der Waals surface area contributed by atoms with E-state index in [4.69, 9.17) is 9.98 Å². The number of hydrogen-bond acceptors (Lipinski definition) is 2. The summed E-state index contributed by atoms with van der Waals surface area (Å²) in [7, 11) is 0. The fraction of sp³-hybridized carbons (Fsp3) is 0.571. The number of aryl methyl sites for hydroxylation is 2. The minimum absolute atomic E-state index is 0. The average molecular weight is 656 g/mol. The van der Waals surface area contributed by atoms with Crippen LogP contribution in [-0.2, 0) is 29.3 Å². The molecule has 0 heterocycles. The smallest absolute Gasteiger partial charge is 0.0665 e. The van der Waals surface area contributed by atoms with Gasteiger partial charge in [-0.25, -0.2) is 0 Å². The summed E-state index contributed by atoms with van der Waals surface area (Å²) >= 11 is 0.